The SMILES string of the molecule is O=C(NC[C@H](c1ccccc1Cl)N1CCCC1)c1ccc(F)cc1. The van der Waals surface area contributed by atoms with Crippen LogP contribution in [0.1, 0.15) is 34.8 Å². The molecule has 0 bridgehead atoms. The molecule has 1 amide bonds. The number of benzene rings is 2. The normalized spacial score (nSPS) is 16.1. The van der Waals surface area contributed by atoms with Gasteiger partial charge in [-0.25, -0.2) is 4.39 Å². The number of nitrogens with one attached hydrogen (secondary N) is 1. The number of carbonyl (C=O) groups excluding carboxylic acids is 1. The molecule has 2 aromatic carbocycles. The number of hydrogen-bond acceptors (Lipinski definition) is 2. The lowest BCUT2D eigenvalue weighted by molar-refractivity contribution is 0.0938. The van der Waals surface area contributed by atoms with Gasteiger partial charge in [-0.2, -0.15) is 0 Å². The minimum Gasteiger partial charge on any atom is -0.350 e. The van der Waals surface area contributed by atoms with Gasteiger partial charge in [0.2, 0.25) is 0 Å². The van der Waals surface area contributed by atoms with Crippen molar-refractivity contribution in [1.29, 1.82) is 0 Å². The molecule has 0 saturated carbocycles. The van der Waals surface area contributed by atoms with E-state index in [1.54, 1.807) is 0 Å². The largest absolute Gasteiger partial charge is 0.350 e. The second-order valence-electron chi connectivity index (χ2n) is 6.00. The maximum Gasteiger partial charge on any atom is 0.251 e. The van der Waals surface area contributed by atoms with Gasteiger partial charge in [-0.3, -0.25) is 9.69 Å². The van der Waals surface area contributed by atoms with Crippen molar-refractivity contribution < 1.29 is 9.18 Å². The highest BCUT2D eigenvalue weighted by molar-refractivity contribution is 6.31. The lowest BCUT2D eigenvalue weighted by atomic mass is 10.0. The molecule has 0 radical (unpaired) electrons. The standard InChI is InChI=1S/C19H20ClFN2O/c20-17-6-2-1-5-16(17)18(23-11-3-4-12-23)13-22-19(24)14-7-9-15(21)10-8-14/h1-2,5-10,18H,3-4,11-13H2,(H,22,24)/t18-/m1/s1. The maximum atomic E-state index is 13.0. The first kappa shape index (κ1) is 16.9. The summed E-state index contributed by atoms with van der Waals surface area (Å²) in [7, 11) is 0. The predicted molar refractivity (Wildman–Crippen MR) is 93.7 cm³/mol. The van der Waals surface area contributed by atoms with Crippen LogP contribution >= 0.6 is 11.6 Å². The lowest BCUT2D eigenvalue weighted by Crippen LogP contribution is -2.37. The third-order valence-electron chi connectivity index (χ3n) is 4.41. The maximum absolute atomic E-state index is 13.0. The van der Waals surface area contributed by atoms with Crippen LogP contribution in [0.15, 0.2) is 48.5 Å². The highest BCUT2D eigenvalue weighted by Gasteiger charge is 2.25. The van der Waals surface area contributed by atoms with Gasteiger partial charge in [-0.15, -0.1) is 0 Å². The van der Waals surface area contributed by atoms with Gasteiger partial charge < -0.3 is 5.32 Å². The van der Waals surface area contributed by atoms with Crippen molar-refractivity contribution in [2.24, 2.45) is 0 Å². The number of hydrogen-bond donors (Lipinski definition) is 1. The monoisotopic (exact) mass is 346 g/mol. The number of rotatable bonds is 5. The lowest BCUT2D eigenvalue weighted by Gasteiger charge is -2.29. The van der Waals surface area contributed by atoms with E-state index in [0.29, 0.717) is 17.1 Å². The number of nitrogens with zero attached hydrogens (tertiary/aromatic N) is 1. The Kier molecular flexibility index (Phi) is 5.48. The zero-order valence-electron chi connectivity index (χ0n) is 13.3. The summed E-state index contributed by atoms with van der Waals surface area (Å²) in [4.78, 5) is 14.7. The molecule has 2 aromatic rings. The van der Waals surface area contributed by atoms with Crippen molar-refractivity contribution in [3.63, 3.8) is 0 Å². The molecule has 1 heterocycles. The minimum atomic E-state index is -0.349. The summed E-state index contributed by atoms with van der Waals surface area (Å²) in [6.45, 7) is 2.48. The minimum absolute atomic E-state index is 0.0469. The summed E-state index contributed by atoms with van der Waals surface area (Å²) >= 11 is 6.37. The van der Waals surface area contributed by atoms with Crippen molar-refractivity contribution >= 4 is 17.5 Å². The van der Waals surface area contributed by atoms with Crippen LogP contribution in [0.5, 0.6) is 0 Å². The van der Waals surface area contributed by atoms with Gasteiger partial charge in [0.25, 0.3) is 5.91 Å². The van der Waals surface area contributed by atoms with Crippen molar-refractivity contribution in [1.82, 2.24) is 10.2 Å². The van der Waals surface area contributed by atoms with Crippen LogP contribution in [-0.2, 0) is 0 Å². The van der Waals surface area contributed by atoms with Gasteiger partial charge in [-0.1, -0.05) is 29.8 Å². The molecule has 126 valence electrons. The number of carbonyl (C=O) groups is 1. The molecular weight excluding hydrogens is 327 g/mol. The molecule has 0 spiro atoms. The molecule has 5 heteroatoms. The highest BCUT2D eigenvalue weighted by Crippen LogP contribution is 2.29. The average Bonchev–Trinajstić information content (AvgIpc) is 3.11. The summed E-state index contributed by atoms with van der Waals surface area (Å²) in [5.74, 6) is -0.552. The quantitative estimate of drug-likeness (QED) is 0.886. The highest BCUT2D eigenvalue weighted by atomic mass is 35.5. The van der Waals surface area contributed by atoms with Crippen LogP contribution < -0.4 is 5.32 Å². The first-order valence-corrected chi connectivity index (χ1v) is 8.55. The molecular formula is C19H20ClFN2O. The van der Waals surface area contributed by atoms with E-state index in [-0.39, 0.29) is 17.8 Å². The molecule has 0 unspecified atom stereocenters. The predicted octanol–water partition coefficient (Wildman–Crippen LogP) is 4.05. The van der Waals surface area contributed by atoms with Gasteiger partial charge >= 0.3 is 0 Å². The van der Waals surface area contributed by atoms with Crippen LogP contribution in [0.25, 0.3) is 0 Å². The van der Waals surface area contributed by atoms with E-state index in [1.807, 2.05) is 24.3 Å². The van der Waals surface area contributed by atoms with Crippen LogP contribution in [0.2, 0.25) is 5.02 Å². The van der Waals surface area contributed by atoms with E-state index in [9.17, 15) is 9.18 Å². The molecule has 1 aliphatic rings. The fourth-order valence-electron chi connectivity index (χ4n) is 3.13. The van der Waals surface area contributed by atoms with Crippen LogP contribution in [-0.4, -0.2) is 30.4 Å². The molecule has 1 saturated heterocycles. The Morgan fingerprint density at radius 3 is 2.46 bits per heavy atom. The zero-order chi connectivity index (χ0) is 16.9. The topological polar surface area (TPSA) is 32.3 Å². The van der Waals surface area contributed by atoms with Gasteiger partial charge in [-0.05, 0) is 61.8 Å². The van der Waals surface area contributed by atoms with Crippen molar-refractivity contribution in [2.75, 3.05) is 19.6 Å². The molecule has 3 rings (SSSR count). The van der Waals surface area contributed by atoms with Gasteiger partial charge in [0.05, 0.1) is 6.04 Å². The van der Waals surface area contributed by atoms with E-state index in [4.69, 9.17) is 11.6 Å². The number of amides is 1. The Balaban J connectivity index is 1.73. The third kappa shape index (κ3) is 3.94. The van der Waals surface area contributed by atoms with E-state index < -0.39 is 0 Å². The Morgan fingerprint density at radius 1 is 1.12 bits per heavy atom. The summed E-state index contributed by atoms with van der Waals surface area (Å²) in [5.41, 5.74) is 1.48. The van der Waals surface area contributed by atoms with Gasteiger partial charge in [0, 0.05) is 17.1 Å². The fourth-order valence-corrected chi connectivity index (χ4v) is 3.39. The summed E-state index contributed by atoms with van der Waals surface area (Å²) in [6.07, 6.45) is 2.32. The third-order valence-corrected chi connectivity index (χ3v) is 4.75. The zero-order valence-corrected chi connectivity index (χ0v) is 14.1. The van der Waals surface area contributed by atoms with E-state index in [2.05, 4.69) is 10.2 Å². The van der Waals surface area contributed by atoms with E-state index in [0.717, 1.165) is 31.5 Å². The van der Waals surface area contributed by atoms with Gasteiger partial charge in [0.1, 0.15) is 5.82 Å². The van der Waals surface area contributed by atoms with Crippen molar-refractivity contribution in [2.45, 2.75) is 18.9 Å². The molecule has 1 atom stereocenters. The fraction of sp³-hybridized carbons (Fsp3) is 0.316. The van der Waals surface area contributed by atoms with Crippen molar-refractivity contribution in [3.05, 3.63) is 70.5 Å². The molecule has 1 aliphatic heterocycles. The van der Waals surface area contributed by atoms with Gasteiger partial charge in [0.15, 0.2) is 0 Å². The summed E-state index contributed by atoms with van der Waals surface area (Å²) < 4.78 is 13.0. The van der Waals surface area contributed by atoms with Crippen molar-refractivity contribution in [3.8, 4) is 0 Å². The average molecular weight is 347 g/mol. The second kappa shape index (κ2) is 7.77. The van der Waals surface area contributed by atoms with Crippen LogP contribution in [0.4, 0.5) is 4.39 Å². The summed E-state index contributed by atoms with van der Waals surface area (Å²) in [6, 6.07) is 13.4. The number of likely N-dealkylation sites (tertiary alicyclic amines) is 1. The Hall–Kier alpha value is -1.91. The van der Waals surface area contributed by atoms with E-state index in [1.165, 1.54) is 24.3 Å². The molecule has 1 N–H and O–H groups in total. The Morgan fingerprint density at radius 2 is 1.79 bits per heavy atom. The molecule has 3 nitrogen and oxygen atoms in total. The van der Waals surface area contributed by atoms with Crippen LogP contribution in [0.3, 0.4) is 0 Å². The molecule has 0 aromatic heterocycles. The molecule has 1 fully saturated rings. The second-order valence-corrected chi connectivity index (χ2v) is 6.40. The number of halogens is 2. The summed E-state index contributed by atoms with van der Waals surface area (Å²) in [5, 5.41) is 3.67. The first-order chi connectivity index (χ1) is 11.6. The smallest absolute Gasteiger partial charge is 0.251 e. The Bertz CT molecular complexity index is 699. The molecule has 0 aliphatic carbocycles. The van der Waals surface area contributed by atoms with Crippen LogP contribution in [0, 0.1) is 5.82 Å². The molecule has 24 heavy (non-hydrogen) atoms. The first-order valence-electron chi connectivity index (χ1n) is 8.17. The van der Waals surface area contributed by atoms with E-state index >= 15 is 0 Å². The Labute approximate surface area is 146 Å².